The zero-order valence-electron chi connectivity index (χ0n) is 19.1. The van der Waals surface area contributed by atoms with Crippen LogP contribution in [0.25, 0.3) is 0 Å². The first-order valence-corrected chi connectivity index (χ1v) is 9.92. The number of aliphatic hydroxyl groups is 1. The number of hydrogen-bond donors (Lipinski definition) is 2. The van der Waals surface area contributed by atoms with Gasteiger partial charge in [-0.05, 0) is 63.1 Å². The van der Waals surface area contributed by atoms with Crippen molar-refractivity contribution in [3.8, 4) is 11.5 Å². The molecule has 0 atom stereocenters. The molecule has 0 aliphatic rings. The van der Waals surface area contributed by atoms with Crippen LogP contribution in [-0.2, 0) is 27.2 Å². The molecule has 0 heterocycles. The summed E-state index contributed by atoms with van der Waals surface area (Å²) in [4.78, 5) is 21.6. The number of carbonyl (C=O) groups excluding carboxylic acids is 1. The fraction of sp³-hybridized carbons (Fsp3) is 0.417. The van der Waals surface area contributed by atoms with Gasteiger partial charge in [-0.15, -0.1) is 0 Å². The van der Waals surface area contributed by atoms with Crippen molar-refractivity contribution in [2.75, 3.05) is 14.2 Å². The van der Waals surface area contributed by atoms with E-state index in [0.29, 0.717) is 6.42 Å². The second-order valence-corrected chi connectivity index (χ2v) is 7.08. The van der Waals surface area contributed by atoms with Crippen LogP contribution in [-0.4, -0.2) is 48.6 Å². The van der Waals surface area contributed by atoms with Crippen LogP contribution in [0.1, 0.15) is 38.8 Å². The predicted octanol–water partition coefficient (Wildman–Crippen LogP) is 3.90. The lowest BCUT2D eigenvalue weighted by Gasteiger charge is -2.07. The molecule has 2 aromatic rings. The summed E-state index contributed by atoms with van der Waals surface area (Å²) in [5, 5.41) is 16.5. The molecule has 7 nitrogen and oxygen atoms in total. The molecular formula is C24H34O7. The average molecular weight is 435 g/mol. The molecule has 0 spiro atoms. The Morgan fingerprint density at radius 3 is 1.42 bits per heavy atom. The van der Waals surface area contributed by atoms with Crippen LogP contribution >= 0.6 is 0 Å². The second kappa shape index (κ2) is 15.7. The lowest BCUT2D eigenvalue weighted by Crippen LogP contribution is -2.13. The van der Waals surface area contributed by atoms with E-state index in [-0.39, 0.29) is 24.6 Å². The van der Waals surface area contributed by atoms with Gasteiger partial charge in [-0.2, -0.15) is 0 Å². The fourth-order valence-electron chi connectivity index (χ4n) is 2.13. The number of rotatable bonds is 7. The second-order valence-electron chi connectivity index (χ2n) is 7.08. The lowest BCUT2D eigenvalue weighted by molar-refractivity contribution is -0.146. The van der Waals surface area contributed by atoms with Gasteiger partial charge in [0.1, 0.15) is 11.5 Å². The largest absolute Gasteiger partial charge is 0.497 e. The van der Waals surface area contributed by atoms with E-state index in [1.54, 1.807) is 52.3 Å². The number of carboxylic acids is 1. The highest BCUT2D eigenvalue weighted by atomic mass is 16.5. The van der Waals surface area contributed by atoms with Crippen LogP contribution in [0, 0.1) is 0 Å². The van der Waals surface area contributed by atoms with Gasteiger partial charge in [-0.3, -0.25) is 9.59 Å². The van der Waals surface area contributed by atoms with Crippen LogP contribution in [0.4, 0.5) is 0 Å². The molecule has 0 fully saturated rings. The molecule has 0 saturated carbocycles. The molecule has 31 heavy (non-hydrogen) atoms. The topological polar surface area (TPSA) is 102 Å². The smallest absolute Gasteiger partial charge is 0.310 e. The van der Waals surface area contributed by atoms with Gasteiger partial charge in [0.15, 0.2) is 0 Å². The zero-order chi connectivity index (χ0) is 23.8. The number of aliphatic carboxylic acids is 1. The summed E-state index contributed by atoms with van der Waals surface area (Å²) in [7, 11) is 3.19. The van der Waals surface area contributed by atoms with Crippen molar-refractivity contribution in [3.63, 3.8) is 0 Å². The minimum absolute atomic E-state index is 0.0595. The van der Waals surface area contributed by atoms with Gasteiger partial charge in [0.05, 0.1) is 33.2 Å². The Labute approximate surface area is 184 Å². The van der Waals surface area contributed by atoms with Crippen LogP contribution in [0.2, 0.25) is 0 Å². The van der Waals surface area contributed by atoms with E-state index in [0.717, 1.165) is 22.6 Å². The molecule has 0 aliphatic carbocycles. The highest BCUT2D eigenvalue weighted by Gasteiger charge is 2.06. The Morgan fingerprint density at radius 2 is 1.13 bits per heavy atom. The van der Waals surface area contributed by atoms with Gasteiger partial charge in [0.2, 0.25) is 0 Å². The molecular weight excluding hydrogens is 400 g/mol. The summed E-state index contributed by atoms with van der Waals surface area (Å²) in [6.07, 6.45) is 0.141. The van der Waals surface area contributed by atoms with E-state index in [2.05, 4.69) is 0 Å². The fourth-order valence-corrected chi connectivity index (χ4v) is 2.13. The predicted molar refractivity (Wildman–Crippen MR) is 120 cm³/mol. The van der Waals surface area contributed by atoms with E-state index in [1.165, 1.54) is 0 Å². The van der Waals surface area contributed by atoms with Gasteiger partial charge >= 0.3 is 11.9 Å². The van der Waals surface area contributed by atoms with E-state index in [4.69, 9.17) is 24.4 Å². The molecule has 0 radical (unpaired) electrons. The summed E-state index contributed by atoms with van der Waals surface area (Å²) in [6.45, 7) is 7.12. The first-order chi connectivity index (χ1) is 14.6. The number of aliphatic hydroxyl groups excluding tert-OH is 1. The van der Waals surface area contributed by atoms with Crippen LogP contribution in [0.3, 0.4) is 0 Å². The first kappa shape index (κ1) is 27.9. The molecule has 0 amide bonds. The molecule has 0 aromatic heterocycles. The number of esters is 1. The van der Waals surface area contributed by atoms with Crippen LogP contribution < -0.4 is 9.47 Å². The quantitative estimate of drug-likeness (QED) is 0.637. The van der Waals surface area contributed by atoms with E-state index >= 15 is 0 Å². The highest BCUT2D eigenvalue weighted by Crippen LogP contribution is 2.12. The number of hydrogen-bond acceptors (Lipinski definition) is 6. The summed E-state index contributed by atoms with van der Waals surface area (Å²) < 4.78 is 15.0. The summed E-state index contributed by atoms with van der Waals surface area (Å²) >= 11 is 0. The molecule has 2 aromatic carbocycles. The van der Waals surface area contributed by atoms with Crippen LogP contribution in [0.5, 0.6) is 11.5 Å². The average Bonchev–Trinajstić information content (AvgIpc) is 2.68. The minimum Gasteiger partial charge on any atom is -0.497 e. The third-order valence-corrected chi connectivity index (χ3v) is 3.39. The molecule has 2 rings (SSSR count). The van der Waals surface area contributed by atoms with Crippen molar-refractivity contribution >= 4 is 11.9 Å². The molecule has 0 bridgehead atoms. The van der Waals surface area contributed by atoms with Crippen molar-refractivity contribution in [2.45, 2.75) is 52.7 Å². The summed E-state index contributed by atoms with van der Waals surface area (Å²) in [5.74, 6) is 0.510. The standard InChI is InChI=1S/C12H16O3.C9H10O3.C3H8O/c1-9(2)15-12(13)8-10-4-6-11(14-3)7-5-10;1-12-8-4-2-7(3-5-8)6-9(10)11;1-3(2)4/h4-7,9H,8H2,1-3H3;2-5H,6H2,1H3,(H,10,11);3-4H,1-2H3. The van der Waals surface area contributed by atoms with Gasteiger partial charge in [-0.25, -0.2) is 0 Å². The number of benzene rings is 2. The number of carboxylic acid groups (broad SMARTS) is 1. The molecule has 2 N–H and O–H groups in total. The van der Waals surface area contributed by atoms with Crippen LogP contribution in [0.15, 0.2) is 48.5 Å². The number of carbonyl (C=O) groups is 2. The molecule has 0 saturated heterocycles. The normalized spacial score (nSPS) is 9.71. The van der Waals surface area contributed by atoms with E-state index in [9.17, 15) is 9.59 Å². The first-order valence-electron chi connectivity index (χ1n) is 9.92. The van der Waals surface area contributed by atoms with E-state index in [1.807, 2.05) is 38.1 Å². The maximum atomic E-state index is 11.3. The van der Waals surface area contributed by atoms with Gasteiger partial charge < -0.3 is 24.4 Å². The highest BCUT2D eigenvalue weighted by molar-refractivity contribution is 5.72. The minimum atomic E-state index is -0.819. The molecule has 7 heteroatoms. The maximum Gasteiger partial charge on any atom is 0.310 e. The Morgan fingerprint density at radius 1 is 0.774 bits per heavy atom. The number of methoxy groups -OCH3 is 2. The lowest BCUT2D eigenvalue weighted by atomic mass is 10.1. The Hall–Kier alpha value is -3.06. The third kappa shape index (κ3) is 15.4. The Kier molecular flexibility index (Phi) is 14.2. The van der Waals surface area contributed by atoms with Crippen molar-refractivity contribution < 1.29 is 34.0 Å². The van der Waals surface area contributed by atoms with Gasteiger partial charge in [0, 0.05) is 6.10 Å². The molecule has 172 valence electrons. The third-order valence-electron chi connectivity index (χ3n) is 3.39. The molecule has 0 unspecified atom stereocenters. The molecule has 0 aliphatic heterocycles. The monoisotopic (exact) mass is 434 g/mol. The summed E-state index contributed by atoms with van der Waals surface area (Å²) in [6, 6.07) is 14.4. The number of ether oxygens (including phenoxy) is 3. The van der Waals surface area contributed by atoms with Crippen molar-refractivity contribution in [3.05, 3.63) is 59.7 Å². The maximum absolute atomic E-state index is 11.3. The van der Waals surface area contributed by atoms with Crippen molar-refractivity contribution in [1.82, 2.24) is 0 Å². The van der Waals surface area contributed by atoms with Gasteiger partial charge in [0.25, 0.3) is 0 Å². The van der Waals surface area contributed by atoms with E-state index < -0.39 is 5.97 Å². The SMILES string of the molecule is CC(C)O.COc1ccc(CC(=O)O)cc1.COc1ccc(CC(=O)OC(C)C)cc1. The van der Waals surface area contributed by atoms with Crippen molar-refractivity contribution in [1.29, 1.82) is 0 Å². The zero-order valence-corrected chi connectivity index (χ0v) is 19.1. The summed E-state index contributed by atoms with van der Waals surface area (Å²) in [5.41, 5.74) is 1.71. The van der Waals surface area contributed by atoms with Gasteiger partial charge in [-0.1, -0.05) is 24.3 Å². The van der Waals surface area contributed by atoms with Crippen molar-refractivity contribution in [2.24, 2.45) is 0 Å². The Balaban J connectivity index is 0.000000504. The Bertz CT molecular complexity index is 748.